The number of aromatic nitrogens is 2. The molecule has 0 bridgehead atoms. The molecule has 1 aromatic heterocycles. The molecule has 1 aliphatic rings. The summed E-state index contributed by atoms with van der Waals surface area (Å²) >= 11 is 0. The summed E-state index contributed by atoms with van der Waals surface area (Å²) in [6.45, 7) is 4.68. The van der Waals surface area contributed by atoms with Crippen LogP contribution in [0.2, 0.25) is 0 Å². The van der Waals surface area contributed by atoms with Crippen LogP contribution >= 0.6 is 0 Å². The number of benzene rings is 1. The minimum absolute atomic E-state index is 0.0649. The van der Waals surface area contributed by atoms with Crippen LogP contribution in [-0.4, -0.2) is 51.9 Å². The van der Waals surface area contributed by atoms with E-state index in [0.717, 1.165) is 17.7 Å². The summed E-state index contributed by atoms with van der Waals surface area (Å²) in [5, 5.41) is 0. The van der Waals surface area contributed by atoms with Gasteiger partial charge in [-0.05, 0) is 30.7 Å². The molecule has 0 N–H and O–H groups in total. The van der Waals surface area contributed by atoms with Gasteiger partial charge >= 0.3 is 6.18 Å². The highest BCUT2D eigenvalue weighted by Gasteiger charge is 2.31. The van der Waals surface area contributed by atoms with E-state index in [-0.39, 0.29) is 11.5 Å². The van der Waals surface area contributed by atoms with E-state index in [4.69, 9.17) is 0 Å². The molecular formula is C18H19F3N4O. The van der Waals surface area contributed by atoms with Crippen LogP contribution < -0.4 is 0 Å². The number of carbonyl (C=O) groups excluding carboxylic acids is 1. The molecular weight excluding hydrogens is 345 g/mol. The number of carbonyl (C=O) groups is 1. The summed E-state index contributed by atoms with van der Waals surface area (Å²) in [4.78, 5) is 24.7. The van der Waals surface area contributed by atoms with Gasteiger partial charge < -0.3 is 4.90 Å². The molecule has 138 valence electrons. The predicted molar refractivity (Wildman–Crippen MR) is 89.4 cm³/mol. The first-order valence-corrected chi connectivity index (χ1v) is 8.29. The van der Waals surface area contributed by atoms with Crippen molar-refractivity contribution in [3.8, 4) is 0 Å². The maximum absolute atomic E-state index is 12.8. The summed E-state index contributed by atoms with van der Waals surface area (Å²) in [7, 11) is 0. The van der Waals surface area contributed by atoms with Crippen LogP contribution in [0, 0.1) is 6.92 Å². The average Bonchev–Trinajstić information content (AvgIpc) is 2.63. The molecule has 0 radical (unpaired) electrons. The summed E-state index contributed by atoms with van der Waals surface area (Å²) in [6.07, 6.45) is -0.936. The highest BCUT2D eigenvalue weighted by molar-refractivity contribution is 5.94. The Balaban J connectivity index is 1.59. The molecule has 8 heteroatoms. The standard InChI is InChI=1S/C18H19F3N4O/c1-13-10-22-16(23-11-13)12-24-5-7-25(8-6-24)17(26)14-3-2-4-15(9-14)18(19,20)21/h2-4,9-11H,5-8,12H2,1H3. The van der Waals surface area contributed by atoms with E-state index in [9.17, 15) is 18.0 Å². The van der Waals surface area contributed by atoms with Crippen molar-refractivity contribution in [3.05, 3.63) is 59.2 Å². The lowest BCUT2D eigenvalue weighted by Crippen LogP contribution is -2.48. The Morgan fingerprint density at radius 3 is 2.38 bits per heavy atom. The van der Waals surface area contributed by atoms with E-state index < -0.39 is 11.7 Å². The highest BCUT2D eigenvalue weighted by atomic mass is 19.4. The van der Waals surface area contributed by atoms with Crippen LogP contribution in [0.15, 0.2) is 36.7 Å². The summed E-state index contributed by atoms with van der Waals surface area (Å²) in [6, 6.07) is 4.57. The summed E-state index contributed by atoms with van der Waals surface area (Å²) < 4.78 is 38.4. The normalized spacial score (nSPS) is 15.9. The molecule has 1 saturated heterocycles. The van der Waals surface area contributed by atoms with Crippen molar-refractivity contribution in [1.29, 1.82) is 0 Å². The lowest BCUT2D eigenvalue weighted by atomic mass is 10.1. The quantitative estimate of drug-likeness (QED) is 0.840. The third-order valence-electron chi connectivity index (χ3n) is 4.30. The van der Waals surface area contributed by atoms with Crippen molar-refractivity contribution < 1.29 is 18.0 Å². The van der Waals surface area contributed by atoms with E-state index in [1.807, 2.05) is 6.92 Å². The minimum atomic E-state index is -4.46. The van der Waals surface area contributed by atoms with Crippen LogP contribution in [0.3, 0.4) is 0 Å². The number of piperazine rings is 1. The Morgan fingerprint density at radius 2 is 1.77 bits per heavy atom. The summed E-state index contributed by atoms with van der Waals surface area (Å²) in [5.74, 6) is 0.343. The Hall–Kier alpha value is -2.48. The van der Waals surface area contributed by atoms with Gasteiger partial charge in [-0.1, -0.05) is 6.07 Å². The van der Waals surface area contributed by atoms with Crippen LogP contribution in [-0.2, 0) is 12.7 Å². The van der Waals surface area contributed by atoms with Crippen LogP contribution in [0.25, 0.3) is 0 Å². The molecule has 0 unspecified atom stereocenters. The minimum Gasteiger partial charge on any atom is -0.336 e. The second kappa shape index (κ2) is 7.41. The van der Waals surface area contributed by atoms with Gasteiger partial charge in [-0.3, -0.25) is 9.69 Å². The fourth-order valence-electron chi connectivity index (χ4n) is 2.82. The third-order valence-corrected chi connectivity index (χ3v) is 4.30. The van der Waals surface area contributed by atoms with Crippen molar-refractivity contribution in [3.63, 3.8) is 0 Å². The number of hydrogen-bond donors (Lipinski definition) is 0. The molecule has 1 aliphatic heterocycles. The number of rotatable bonds is 3. The number of hydrogen-bond acceptors (Lipinski definition) is 4. The van der Waals surface area contributed by atoms with Crippen molar-refractivity contribution in [2.75, 3.05) is 26.2 Å². The molecule has 3 rings (SSSR count). The van der Waals surface area contributed by atoms with Crippen molar-refractivity contribution in [1.82, 2.24) is 19.8 Å². The van der Waals surface area contributed by atoms with Crippen LogP contribution in [0.5, 0.6) is 0 Å². The number of alkyl halides is 3. The predicted octanol–water partition coefficient (Wildman–Crippen LogP) is 2.76. The van der Waals surface area contributed by atoms with E-state index in [2.05, 4.69) is 14.9 Å². The van der Waals surface area contributed by atoms with Gasteiger partial charge in [0.05, 0.1) is 12.1 Å². The van der Waals surface area contributed by atoms with Crippen LogP contribution in [0.4, 0.5) is 13.2 Å². The Morgan fingerprint density at radius 1 is 1.12 bits per heavy atom. The first kappa shape index (κ1) is 18.3. The van der Waals surface area contributed by atoms with Crippen molar-refractivity contribution >= 4 is 5.91 Å². The molecule has 5 nitrogen and oxygen atoms in total. The first-order valence-electron chi connectivity index (χ1n) is 8.29. The molecule has 0 saturated carbocycles. The number of amides is 1. The van der Waals surface area contributed by atoms with Gasteiger partial charge in [0.2, 0.25) is 0 Å². The third kappa shape index (κ3) is 4.37. The van der Waals surface area contributed by atoms with Crippen molar-refractivity contribution in [2.45, 2.75) is 19.6 Å². The topological polar surface area (TPSA) is 49.3 Å². The number of halogens is 3. The smallest absolute Gasteiger partial charge is 0.336 e. The molecule has 1 fully saturated rings. The van der Waals surface area contributed by atoms with Gasteiger partial charge in [-0.2, -0.15) is 13.2 Å². The second-order valence-corrected chi connectivity index (χ2v) is 6.32. The van der Waals surface area contributed by atoms with E-state index >= 15 is 0 Å². The Bertz CT molecular complexity index is 769. The van der Waals surface area contributed by atoms with Crippen LogP contribution in [0.1, 0.15) is 27.3 Å². The molecule has 0 atom stereocenters. The zero-order valence-electron chi connectivity index (χ0n) is 14.3. The van der Waals surface area contributed by atoms with Gasteiger partial charge in [0.25, 0.3) is 5.91 Å². The Labute approximate surface area is 149 Å². The average molecular weight is 364 g/mol. The fourth-order valence-corrected chi connectivity index (χ4v) is 2.82. The largest absolute Gasteiger partial charge is 0.416 e. The molecule has 2 aromatic rings. The number of nitrogens with zero attached hydrogens (tertiary/aromatic N) is 4. The lowest BCUT2D eigenvalue weighted by Gasteiger charge is -2.34. The molecule has 1 amide bonds. The second-order valence-electron chi connectivity index (χ2n) is 6.32. The first-order chi connectivity index (χ1) is 12.3. The SMILES string of the molecule is Cc1cnc(CN2CCN(C(=O)c3cccc(C(F)(F)F)c3)CC2)nc1. The molecule has 0 spiro atoms. The Kier molecular flexibility index (Phi) is 5.22. The van der Waals surface area contributed by atoms with Gasteiger partial charge in [0, 0.05) is 44.1 Å². The lowest BCUT2D eigenvalue weighted by molar-refractivity contribution is -0.137. The van der Waals surface area contributed by atoms with E-state index in [0.29, 0.717) is 38.5 Å². The highest BCUT2D eigenvalue weighted by Crippen LogP contribution is 2.29. The van der Waals surface area contributed by atoms with E-state index in [1.54, 1.807) is 17.3 Å². The molecule has 26 heavy (non-hydrogen) atoms. The molecule has 0 aliphatic carbocycles. The zero-order valence-corrected chi connectivity index (χ0v) is 14.3. The maximum atomic E-state index is 12.8. The maximum Gasteiger partial charge on any atom is 0.416 e. The summed E-state index contributed by atoms with van der Waals surface area (Å²) in [5.41, 5.74) is 0.249. The fraction of sp³-hybridized carbons (Fsp3) is 0.389. The van der Waals surface area contributed by atoms with Gasteiger partial charge in [0.15, 0.2) is 0 Å². The van der Waals surface area contributed by atoms with E-state index in [1.165, 1.54) is 12.1 Å². The molecule has 2 heterocycles. The molecule has 1 aromatic carbocycles. The monoisotopic (exact) mass is 364 g/mol. The van der Waals surface area contributed by atoms with Gasteiger partial charge in [0.1, 0.15) is 5.82 Å². The number of aryl methyl sites for hydroxylation is 1. The van der Waals surface area contributed by atoms with Gasteiger partial charge in [-0.15, -0.1) is 0 Å². The van der Waals surface area contributed by atoms with Crippen molar-refractivity contribution in [2.24, 2.45) is 0 Å². The van der Waals surface area contributed by atoms with Gasteiger partial charge in [-0.25, -0.2) is 9.97 Å². The zero-order chi connectivity index (χ0) is 18.7.